The van der Waals surface area contributed by atoms with E-state index in [0.717, 1.165) is 24.5 Å². The molecule has 0 aliphatic heterocycles. The second kappa shape index (κ2) is 5.11. The number of benzene rings is 1. The largest absolute Gasteiger partial charge is 0.263 e. The number of hydrogen-bond acceptors (Lipinski definition) is 3. The highest BCUT2D eigenvalue weighted by atomic mass is 32.2. The van der Waals surface area contributed by atoms with E-state index in [1.54, 1.807) is 12.1 Å². The van der Waals surface area contributed by atoms with Crippen molar-refractivity contribution >= 4 is 15.8 Å². The van der Waals surface area contributed by atoms with Crippen LogP contribution < -0.4 is 4.72 Å². The van der Waals surface area contributed by atoms with Crippen LogP contribution in [0.3, 0.4) is 0 Å². The van der Waals surface area contributed by atoms with Crippen molar-refractivity contribution in [2.24, 2.45) is 0 Å². The van der Waals surface area contributed by atoms with Crippen LogP contribution in [-0.2, 0) is 16.4 Å². The Kier molecular flexibility index (Phi) is 3.41. The Morgan fingerprint density at radius 3 is 2.86 bits per heavy atom. The maximum Gasteiger partial charge on any atom is 0.263 e. The summed E-state index contributed by atoms with van der Waals surface area (Å²) in [6.07, 6.45) is 1.93. The minimum absolute atomic E-state index is 0.0242. The normalized spacial score (nSPS) is 17.5. The summed E-state index contributed by atoms with van der Waals surface area (Å²) in [7, 11) is -3.75. The molecule has 110 valence electrons. The van der Waals surface area contributed by atoms with E-state index in [9.17, 15) is 12.8 Å². The van der Waals surface area contributed by atoms with E-state index in [1.807, 2.05) is 6.07 Å². The first kappa shape index (κ1) is 14.0. The van der Waals surface area contributed by atoms with Crippen molar-refractivity contribution < 1.29 is 12.8 Å². The maximum absolute atomic E-state index is 13.0. The number of sulfonamides is 1. The molecule has 0 unspecified atom stereocenters. The number of aryl methyl sites for hydroxylation is 1. The lowest BCUT2D eigenvalue weighted by Gasteiger charge is -2.10. The van der Waals surface area contributed by atoms with Gasteiger partial charge >= 0.3 is 0 Å². The number of halogens is 1. The molecule has 0 fully saturated rings. The van der Waals surface area contributed by atoms with Crippen LogP contribution in [0.15, 0.2) is 41.3 Å². The lowest BCUT2D eigenvalue weighted by Crippen LogP contribution is -2.14. The molecule has 1 aromatic carbocycles. The fourth-order valence-electron chi connectivity index (χ4n) is 2.64. The first-order valence-electron chi connectivity index (χ1n) is 6.74. The van der Waals surface area contributed by atoms with Crippen molar-refractivity contribution in [3.63, 3.8) is 0 Å². The molecule has 1 aliphatic carbocycles. The minimum atomic E-state index is -3.75. The molecule has 6 heteroatoms. The predicted octanol–water partition coefficient (Wildman–Crippen LogP) is 3.07. The zero-order chi connectivity index (χ0) is 15.0. The summed E-state index contributed by atoms with van der Waals surface area (Å²) in [5.74, 6) is -0.281. The molecule has 0 saturated carbocycles. The van der Waals surface area contributed by atoms with Crippen LogP contribution in [0.25, 0.3) is 0 Å². The minimum Gasteiger partial charge on any atom is -0.263 e. The Bertz CT molecular complexity index is 790. The molecule has 1 heterocycles. The molecule has 0 amide bonds. The number of pyridine rings is 1. The number of hydrogen-bond donors (Lipinski definition) is 1. The van der Waals surface area contributed by atoms with Gasteiger partial charge in [0.15, 0.2) is 0 Å². The molecule has 4 nitrogen and oxygen atoms in total. The molecule has 1 N–H and O–H groups in total. The molecular formula is C15H15FN2O2S. The standard InChI is InChI=1S/C15H15FN2O2S/c1-10-5-6-11-9-12(7-8-13(10)11)21(19,20)18-15-4-2-3-14(16)17-15/h2-4,7-10H,5-6H2,1H3,(H,17,18)/t10-/m0/s1. The third-order valence-electron chi connectivity index (χ3n) is 3.76. The number of anilines is 1. The molecular weight excluding hydrogens is 291 g/mol. The quantitative estimate of drug-likeness (QED) is 0.887. The van der Waals surface area contributed by atoms with E-state index < -0.39 is 16.0 Å². The zero-order valence-electron chi connectivity index (χ0n) is 11.5. The number of aromatic nitrogens is 1. The molecule has 0 radical (unpaired) electrons. The fourth-order valence-corrected chi connectivity index (χ4v) is 3.69. The Labute approximate surface area is 123 Å². The summed E-state index contributed by atoms with van der Waals surface area (Å²) in [4.78, 5) is 3.69. The molecule has 1 atom stereocenters. The summed E-state index contributed by atoms with van der Waals surface area (Å²) in [6.45, 7) is 2.13. The van der Waals surface area contributed by atoms with Crippen molar-refractivity contribution in [1.82, 2.24) is 4.98 Å². The molecule has 0 bridgehead atoms. The Hall–Kier alpha value is -1.95. The molecule has 1 aromatic heterocycles. The van der Waals surface area contributed by atoms with E-state index in [0.29, 0.717) is 5.92 Å². The Morgan fingerprint density at radius 2 is 2.10 bits per heavy atom. The third kappa shape index (κ3) is 2.76. The van der Waals surface area contributed by atoms with Gasteiger partial charge in [-0.3, -0.25) is 4.72 Å². The highest BCUT2D eigenvalue weighted by Crippen LogP contribution is 2.34. The average molecular weight is 306 g/mol. The molecule has 3 rings (SSSR count). The topological polar surface area (TPSA) is 59.1 Å². The van der Waals surface area contributed by atoms with E-state index in [4.69, 9.17) is 0 Å². The van der Waals surface area contributed by atoms with Crippen LogP contribution in [0, 0.1) is 5.95 Å². The van der Waals surface area contributed by atoms with Crippen LogP contribution in [-0.4, -0.2) is 13.4 Å². The van der Waals surface area contributed by atoms with Crippen molar-refractivity contribution in [2.45, 2.75) is 30.6 Å². The van der Waals surface area contributed by atoms with Gasteiger partial charge < -0.3 is 0 Å². The number of nitrogens with zero attached hydrogens (tertiary/aromatic N) is 1. The van der Waals surface area contributed by atoms with Crippen molar-refractivity contribution in [3.8, 4) is 0 Å². The molecule has 21 heavy (non-hydrogen) atoms. The van der Waals surface area contributed by atoms with Gasteiger partial charge in [0.05, 0.1) is 4.90 Å². The van der Waals surface area contributed by atoms with Gasteiger partial charge in [-0.05, 0) is 54.2 Å². The maximum atomic E-state index is 13.0. The summed E-state index contributed by atoms with van der Waals surface area (Å²) < 4.78 is 40.0. The summed E-state index contributed by atoms with van der Waals surface area (Å²) in [5, 5.41) is 0. The molecule has 0 saturated heterocycles. The lowest BCUT2D eigenvalue weighted by molar-refractivity contribution is 0.584. The Morgan fingerprint density at radius 1 is 1.29 bits per heavy atom. The smallest absolute Gasteiger partial charge is 0.263 e. The van der Waals surface area contributed by atoms with Crippen molar-refractivity contribution in [1.29, 1.82) is 0 Å². The SMILES string of the molecule is C[C@H]1CCc2cc(S(=O)(=O)Nc3cccc(F)n3)ccc21. The van der Waals surface area contributed by atoms with Crippen molar-refractivity contribution in [3.05, 3.63) is 53.5 Å². The van der Waals surface area contributed by atoms with E-state index >= 15 is 0 Å². The first-order valence-corrected chi connectivity index (χ1v) is 8.22. The lowest BCUT2D eigenvalue weighted by atomic mass is 10.0. The highest BCUT2D eigenvalue weighted by molar-refractivity contribution is 7.92. The monoisotopic (exact) mass is 306 g/mol. The third-order valence-corrected chi connectivity index (χ3v) is 5.11. The highest BCUT2D eigenvalue weighted by Gasteiger charge is 2.22. The van der Waals surface area contributed by atoms with Crippen LogP contribution in [0.5, 0.6) is 0 Å². The van der Waals surface area contributed by atoms with E-state index in [-0.39, 0.29) is 10.7 Å². The van der Waals surface area contributed by atoms with Gasteiger partial charge in [0.1, 0.15) is 5.82 Å². The first-order chi connectivity index (χ1) is 9.95. The number of nitrogens with one attached hydrogen (secondary N) is 1. The van der Waals surface area contributed by atoms with Crippen molar-refractivity contribution in [2.75, 3.05) is 4.72 Å². The zero-order valence-corrected chi connectivity index (χ0v) is 12.3. The van der Waals surface area contributed by atoms with Gasteiger partial charge in [0.2, 0.25) is 5.95 Å². The van der Waals surface area contributed by atoms with Gasteiger partial charge in [0, 0.05) is 0 Å². The summed E-state index contributed by atoms with van der Waals surface area (Å²) >= 11 is 0. The fraction of sp³-hybridized carbons (Fsp3) is 0.267. The summed E-state index contributed by atoms with van der Waals surface area (Å²) in [6, 6.07) is 9.12. The second-order valence-electron chi connectivity index (χ2n) is 5.25. The molecule has 0 spiro atoms. The van der Waals surface area contributed by atoms with Gasteiger partial charge in [-0.15, -0.1) is 0 Å². The van der Waals surface area contributed by atoms with E-state index in [2.05, 4.69) is 16.6 Å². The number of rotatable bonds is 3. The molecule has 1 aliphatic rings. The molecule has 2 aromatic rings. The van der Waals surface area contributed by atoms with Crippen LogP contribution in [0.4, 0.5) is 10.2 Å². The second-order valence-corrected chi connectivity index (χ2v) is 6.93. The van der Waals surface area contributed by atoms with Gasteiger partial charge in [-0.25, -0.2) is 13.4 Å². The number of fused-ring (bicyclic) bond motifs is 1. The van der Waals surface area contributed by atoms with Crippen LogP contribution in [0.2, 0.25) is 0 Å². The van der Waals surface area contributed by atoms with Crippen LogP contribution in [0.1, 0.15) is 30.4 Å². The Balaban J connectivity index is 1.92. The summed E-state index contributed by atoms with van der Waals surface area (Å²) in [5.41, 5.74) is 2.27. The van der Waals surface area contributed by atoms with Gasteiger partial charge in [-0.2, -0.15) is 4.39 Å². The van der Waals surface area contributed by atoms with Gasteiger partial charge in [0.25, 0.3) is 10.0 Å². The predicted molar refractivity (Wildman–Crippen MR) is 78.2 cm³/mol. The van der Waals surface area contributed by atoms with Gasteiger partial charge in [-0.1, -0.05) is 19.1 Å². The van der Waals surface area contributed by atoms with Crippen LogP contribution >= 0.6 is 0 Å². The van der Waals surface area contributed by atoms with E-state index in [1.165, 1.54) is 17.7 Å². The average Bonchev–Trinajstić information content (AvgIpc) is 2.79.